The Balaban J connectivity index is 1.02. The molecule has 3 aromatic carbocycles. The van der Waals surface area contributed by atoms with Crippen LogP contribution in [0.15, 0.2) is 91.5 Å². The molecule has 0 saturated heterocycles. The van der Waals surface area contributed by atoms with Gasteiger partial charge in [0.05, 0.1) is 13.2 Å². The number of carbonyl (C=O) groups is 1. The van der Waals surface area contributed by atoms with Gasteiger partial charge in [-0.2, -0.15) is 0 Å². The molecule has 242 valence electrons. The standard InChI is InChI=1S/C42H56O3/c1-2-37-24-26-39(27-25-37)36-44-34-20-15-13-11-9-7-5-3-4-6-8-10-12-14-16-21-35-45-41-31-28-38(29-32-41)30-33-42(43)40-22-18-17-19-23-40/h2,17-19,22-33H,1,3-16,20-21,34-36H2/b33-30+. The highest BCUT2D eigenvalue weighted by atomic mass is 16.5. The maximum absolute atomic E-state index is 12.2. The van der Waals surface area contributed by atoms with Gasteiger partial charge in [-0.15, -0.1) is 0 Å². The van der Waals surface area contributed by atoms with Crippen molar-refractivity contribution in [1.29, 1.82) is 0 Å². The maximum Gasteiger partial charge on any atom is 0.185 e. The Kier molecular flexibility index (Phi) is 19.1. The number of benzene rings is 3. The first-order valence-electron chi connectivity index (χ1n) is 17.5. The lowest BCUT2D eigenvalue weighted by molar-refractivity contribution is 0.104. The van der Waals surface area contributed by atoms with E-state index in [0.29, 0.717) is 12.2 Å². The SMILES string of the molecule is C=Cc1ccc(COCCCCCCCCCCCCCCCCCCOc2ccc(/C=C/C(=O)c3ccccc3)cc2)cc1. The number of hydrogen-bond acceptors (Lipinski definition) is 3. The van der Waals surface area contributed by atoms with E-state index in [0.717, 1.165) is 36.5 Å². The number of carbonyl (C=O) groups excluding carboxylic acids is 1. The number of hydrogen-bond donors (Lipinski definition) is 0. The molecule has 3 nitrogen and oxygen atoms in total. The van der Waals surface area contributed by atoms with E-state index in [9.17, 15) is 4.79 Å². The Labute approximate surface area is 273 Å². The summed E-state index contributed by atoms with van der Waals surface area (Å²) in [6, 6.07) is 25.7. The third-order valence-corrected chi connectivity index (χ3v) is 8.30. The van der Waals surface area contributed by atoms with Crippen molar-refractivity contribution in [3.8, 4) is 5.75 Å². The molecule has 0 fully saturated rings. The molecule has 3 heteroatoms. The Bertz CT molecular complexity index is 1190. The normalized spacial score (nSPS) is 11.2. The average Bonchev–Trinajstić information content (AvgIpc) is 3.09. The van der Waals surface area contributed by atoms with Crippen molar-refractivity contribution in [3.05, 3.63) is 114 Å². The summed E-state index contributed by atoms with van der Waals surface area (Å²) >= 11 is 0. The van der Waals surface area contributed by atoms with Gasteiger partial charge in [0.15, 0.2) is 5.78 Å². The van der Waals surface area contributed by atoms with Crippen molar-refractivity contribution in [2.45, 2.75) is 109 Å². The van der Waals surface area contributed by atoms with Crippen LogP contribution in [-0.4, -0.2) is 19.0 Å². The Morgan fingerprint density at radius 3 is 1.58 bits per heavy atom. The molecule has 0 unspecified atom stereocenters. The molecule has 0 atom stereocenters. The van der Waals surface area contributed by atoms with Crippen molar-refractivity contribution < 1.29 is 14.3 Å². The quantitative estimate of drug-likeness (QED) is 0.0516. The molecular formula is C42H56O3. The van der Waals surface area contributed by atoms with Crippen molar-refractivity contribution in [3.63, 3.8) is 0 Å². The third kappa shape index (κ3) is 17.0. The zero-order chi connectivity index (χ0) is 31.6. The smallest absolute Gasteiger partial charge is 0.185 e. The fourth-order valence-electron chi connectivity index (χ4n) is 5.46. The van der Waals surface area contributed by atoms with Gasteiger partial charge in [0, 0.05) is 12.2 Å². The van der Waals surface area contributed by atoms with Gasteiger partial charge in [-0.05, 0) is 47.7 Å². The maximum atomic E-state index is 12.2. The fraction of sp³-hybridized carbons (Fsp3) is 0.452. The predicted molar refractivity (Wildman–Crippen MR) is 192 cm³/mol. The molecule has 3 rings (SSSR count). The van der Waals surface area contributed by atoms with Gasteiger partial charge in [-0.25, -0.2) is 0 Å². The first-order chi connectivity index (χ1) is 22.2. The zero-order valence-electron chi connectivity index (χ0n) is 27.6. The Morgan fingerprint density at radius 1 is 0.556 bits per heavy atom. The van der Waals surface area contributed by atoms with E-state index in [1.807, 2.05) is 66.7 Å². The Morgan fingerprint density at radius 2 is 1.04 bits per heavy atom. The van der Waals surface area contributed by atoms with Gasteiger partial charge in [0.25, 0.3) is 0 Å². The summed E-state index contributed by atoms with van der Waals surface area (Å²) in [7, 11) is 0. The molecule has 0 aliphatic heterocycles. The van der Waals surface area contributed by atoms with Gasteiger partial charge in [0.2, 0.25) is 0 Å². The van der Waals surface area contributed by atoms with E-state index in [1.165, 1.54) is 102 Å². The summed E-state index contributed by atoms with van der Waals surface area (Å²) in [4.78, 5) is 12.2. The van der Waals surface area contributed by atoms with E-state index in [-0.39, 0.29) is 5.78 Å². The second-order valence-corrected chi connectivity index (χ2v) is 12.1. The van der Waals surface area contributed by atoms with Crippen LogP contribution in [0.1, 0.15) is 130 Å². The summed E-state index contributed by atoms with van der Waals surface area (Å²) in [6.07, 6.45) is 26.7. The lowest BCUT2D eigenvalue weighted by atomic mass is 10.0. The van der Waals surface area contributed by atoms with Crippen LogP contribution in [0.2, 0.25) is 0 Å². The molecule has 0 aliphatic rings. The molecule has 0 amide bonds. The van der Waals surface area contributed by atoms with Gasteiger partial charge in [-0.3, -0.25) is 4.79 Å². The zero-order valence-corrected chi connectivity index (χ0v) is 27.6. The third-order valence-electron chi connectivity index (χ3n) is 8.30. The van der Waals surface area contributed by atoms with Gasteiger partial charge in [0.1, 0.15) is 5.75 Å². The number of allylic oxidation sites excluding steroid dienone is 1. The average molecular weight is 609 g/mol. The monoisotopic (exact) mass is 608 g/mol. The highest BCUT2D eigenvalue weighted by Gasteiger charge is 2.01. The van der Waals surface area contributed by atoms with E-state index in [2.05, 4.69) is 30.8 Å². The molecule has 3 aromatic rings. The second kappa shape index (κ2) is 23.9. The first-order valence-corrected chi connectivity index (χ1v) is 17.5. The molecule has 0 radical (unpaired) electrons. The van der Waals surface area contributed by atoms with Crippen LogP contribution in [0, 0.1) is 0 Å². The molecule has 0 bridgehead atoms. The van der Waals surface area contributed by atoms with Crippen LogP contribution in [0.3, 0.4) is 0 Å². The summed E-state index contributed by atoms with van der Waals surface area (Å²) in [5.41, 5.74) is 4.10. The van der Waals surface area contributed by atoms with Gasteiger partial charge in [-0.1, -0.05) is 175 Å². The predicted octanol–water partition coefficient (Wildman–Crippen LogP) is 12.1. The van der Waals surface area contributed by atoms with E-state index in [4.69, 9.17) is 9.47 Å². The molecule has 45 heavy (non-hydrogen) atoms. The van der Waals surface area contributed by atoms with Crippen molar-refractivity contribution >= 4 is 17.9 Å². The number of rotatable bonds is 26. The largest absolute Gasteiger partial charge is 0.494 e. The van der Waals surface area contributed by atoms with Crippen LogP contribution in [-0.2, 0) is 11.3 Å². The number of ether oxygens (including phenoxy) is 2. The minimum absolute atomic E-state index is 0.0182. The minimum atomic E-state index is 0.0182. The highest BCUT2D eigenvalue weighted by molar-refractivity contribution is 6.06. The topological polar surface area (TPSA) is 35.5 Å². The summed E-state index contributed by atoms with van der Waals surface area (Å²) in [6.45, 7) is 6.14. The van der Waals surface area contributed by atoms with Crippen LogP contribution in [0.5, 0.6) is 5.75 Å². The van der Waals surface area contributed by atoms with Crippen LogP contribution in [0.4, 0.5) is 0 Å². The summed E-state index contributed by atoms with van der Waals surface area (Å²) in [5.74, 6) is 0.912. The number of ketones is 1. The molecule has 0 N–H and O–H groups in total. The van der Waals surface area contributed by atoms with Gasteiger partial charge < -0.3 is 9.47 Å². The van der Waals surface area contributed by atoms with E-state index < -0.39 is 0 Å². The molecule has 0 aliphatic carbocycles. The van der Waals surface area contributed by atoms with E-state index >= 15 is 0 Å². The number of unbranched alkanes of at least 4 members (excludes halogenated alkanes) is 15. The molecule has 0 heterocycles. The lowest BCUT2D eigenvalue weighted by Crippen LogP contribution is -1.97. The molecular weight excluding hydrogens is 552 g/mol. The second-order valence-electron chi connectivity index (χ2n) is 12.1. The van der Waals surface area contributed by atoms with Gasteiger partial charge >= 0.3 is 0 Å². The van der Waals surface area contributed by atoms with Crippen LogP contribution < -0.4 is 4.74 Å². The van der Waals surface area contributed by atoms with Crippen LogP contribution in [0.25, 0.3) is 12.2 Å². The summed E-state index contributed by atoms with van der Waals surface area (Å²) < 4.78 is 11.7. The molecule has 0 spiro atoms. The first kappa shape index (κ1) is 36.0. The highest BCUT2D eigenvalue weighted by Crippen LogP contribution is 2.16. The van der Waals surface area contributed by atoms with Crippen molar-refractivity contribution in [2.75, 3.05) is 13.2 Å². The minimum Gasteiger partial charge on any atom is -0.494 e. The fourth-order valence-corrected chi connectivity index (χ4v) is 5.46. The lowest BCUT2D eigenvalue weighted by Gasteiger charge is -2.07. The van der Waals surface area contributed by atoms with Crippen molar-refractivity contribution in [2.24, 2.45) is 0 Å². The molecule has 0 saturated carbocycles. The van der Waals surface area contributed by atoms with E-state index in [1.54, 1.807) is 6.08 Å². The van der Waals surface area contributed by atoms with Crippen LogP contribution >= 0.6 is 0 Å². The Hall–Kier alpha value is -3.43. The summed E-state index contributed by atoms with van der Waals surface area (Å²) in [5, 5.41) is 0. The molecule has 0 aromatic heterocycles. The van der Waals surface area contributed by atoms with Crippen molar-refractivity contribution in [1.82, 2.24) is 0 Å².